The van der Waals surface area contributed by atoms with Gasteiger partial charge in [0.05, 0.1) is 0 Å². The molecule has 1 aromatic rings. The number of carbonyl (C=O) groups excluding carboxylic acids is 1. The van der Waals surface area contributed by atoms with E-state index < -0.39 is 0 Å². The number of likely N-dealkylation sites (tertiary alicyclic amines) is 1. The summed E-state index contributed by atoms with van der Waals surface area (Å²) in [6.07, 6.45) is 13.8. The second-order valence-corrected chi connectivity index (χ2v) is 9.05. The molecule has 30 heavy (non-hydrogen) atoms. The van der Waals surface area contributed by atoms with Gasteiger partial charge in [-0.1, -0.05) is 48.4 Å². The van der Waals surface area contributed by atoms with E-state index in [1.807, 2.05) is 11.9 Å². The van der Waals surface area contributed by atoms with E-state index in [0.717, 1.165) is 45.2 Å². The molecule has 0 spiro atoms. The minimum Gasteiger partial charge on any atom is -0.446 e. The van der Waals surface area contributed by atoms with Crippen LogP contribution in [0.2, 0.25) is 0 Å². The quantitative estimate of drug-likeness (QED) is 0.548. The monoisotopic (exact) mass is 432 g/mol. The van der Waals surface area contributed by atoms with Crippen LogP contribution < -0.4 is 0 Å². The van der Waals surface area contributed by atoms with E-state index in [2.05, 4.69) is 41.3 Å². The van der Waals surface area contributed by atoms with Crippen LogP contribution >= 0.6 is 12.4 Å². The lowest BCUT2D eigenvalue weighted by molar-refractivity contribution is 0.0314. The average Bonchev–Trinajstić information content (AvgIpc) is 2.73. The predicted molar refractivity (Wildman–Crippen MR) is 124 cm³/mol. The summed E-state index contributed by atoms with van der Waals surface area (Å²) in [5.41, 5.74) is 3.03. The Morgan fingerprint density at radius 3 is 2.37 bits per heavy atom. The van der Waals surface area contributed by atoms with Gasteiger partial charge in [-0.25, -0.2) is 4.79 Å². The first-order chi connectivity index (χ1) is 14.2. The van der Waals surface area contributed by atoms with Crippen molar-refractivity contribution in [2.24, 2.45) is 0 Å². The lowest BCUT2D eigenvalue weighted by Gasteiger charge is -2.42. The minimum absolute atomic E-state index is 0. The fourth-order valence-corrected chi connectivity index (χ4v) is 5.09. The minimum atomic E-state index is -0.113. The number of amides is 1. The molecule has 0 N–H and O–H groups in total. The average molecular weight is 433 g/mol. The molecule has 4 nitrogen and oxygen atoms in total. The van der Waals surface area contributed by atoms with E-state index in [9.17, 15) is 4.79 Å². The molecule has 1 atom stereocenters. The molecule has 1 aromatic carbocycles. The summed E-state index contributed by atoms with van der Waals surface area (Å²) in [6, 6.07) is 11.7. The molecular weight excluding hydrogens is 396 g/mol. The lowest BCUT2D eigenvalue weighted by atomic mass is 9.86. The van der Waals surface area contributed by atoms with Crippen molar-refractivity contribution < 1.29 is 9.53 Å². The largest absolute Gasteiger partial charge is 0.446 e. The zero-order valence-corrected chi connectivity index (χ0v) is 19.1. The molecule has 4 rings (SSSR count). The normalized spacial score (nSPS) is 21.7. The summed E-state index contributed by atoms with van der Waals surface area (Å²) in [7, 11) is 1.93. The Labute approximate surface area is 188 Å². The smallest absolute Gasteiger partial charge is 0.410 e. The fourth-order valence-electron chi connectivity index (χ4n) is 5.09. The van der Waals surface area contributed by atoms with E-state index in [1.54, 1.807) is 5.57 Å². The molecule has 1 amide bonds. The molecule has 1 saturated carbocycles. The number of carbonyl (C=O) groups is 1. The van der Waals surface area contributed by atoms with Crippen LogP contribution in [0.5, 0.6) is 0 Å². The highest BCUT2D eigenvalue weighted by Crippen LogP contribution is 2.30. The number of hydrogen-bond acceptors (Lipinski definition) is 3. The number of benzene rings is 1. The summed E-state index contributed by atoms with van der Waals surface area (Å²) < 4.78 is 5.79. The van der Waals surface area contributed by atoms with Gasteiger partial charge >= 0.3 is 6.09 Å². The van der Waals surface area contributed by atoms with Crippen molar-refractivity contribution in [1.29, 1.82) is 0 Å². The van der Waals surface area contributed by atoms with Gasteiger partial charge in [0.25, 0.3) is 0 Å². The van der Waals surface area contributed by atoms with Gasteiger partial charge in [0.1, 0.15) is 6.10 Å². The number of ether oxygens (including phenoxy) is 1. The third kappa shape index (κ3) is 5.79. The Morgan fingerprint density at radius 2 is 1.77 bits per heavy atom. The number of halogens is 1. The van der Waals surface area contributed by atoms with Crippen molar-refractivity contribution in [3.63, 3.8) is 0 Å². The van der Waals surface area contributed by atoms with E-state index in [4.69, 9.17) is 4.74 Å². The van der Waals surface area contributed by atoms with Crippen LogP contribution in [-0.2, 0) is 11.2 Å². The number of hydrogen-bond donors (Lipinski definition) is 0. The first-order valence-electron chi connectivity index (χ1n) is 11.6. The Bertz CT molecular complexity index is 694. The highest BCUT2D eigenvalue weighted by molar-refractivity contribution is 5.85. The summed E-state index contributed by atoms with van der Waals surface area (Å²) in [4.78, 5) is 17.1. The lowest BCUT2D eigenvalue weighted by Crippen LogP contribution is -2.50. The second kappa shape index (κ2) is 11.2. The molecular formula is C25H37ClN2O2. The molecule has 1 aliphatic heterocycles. The third-order valence-corrected chi connectivity index (χ3v) is 7.13. The molecule has 2 aliphatic carbocycles. The molecule has 5 heteroatoms. The maximum absolute atomic E-state index is 12.6. The van der Waals surface area contributed by atoms with Crippen molar-refractivity contribution in [2.75, 3.05) is 20.1 Å². The summed E-state index contributed by atoms with van der Waals surface area (Å²) >= 11 is 0. The maximum Gasteiger partial charge on any atom is 0.410 e. The van der Waals surface area contributed by atoms with Crippen LogP contribution in [-0.4, -0.2) is 54.2 Å². The van der Waals surface area contributed by atoms with Gasteiger partial charge in [0, 0.05) is 32.2 Å². The highest BCUT2D eigenvalue weighted by Gasteiger charge is 2.32. The first kappa shape index (κ1) is 23.1. The van der Waals surface area contributed by atoms with Crippen molar-refractivity contribution in [1.82, 2.24) is 9.80 Å². The second-order valence-electron chi connectivity index (χ2n) is 9.05. The van der Waals surface area contributed by atoms with Crippen molar-refractivity contribution in [2.45, 2.75) is 82.4 Å². The molecule has 1 unspecified atom stereocenters. The maximum atomic E-state index is 12.6. The molecule has 1 saturated heterocycles. The van der Waals surface area contributed by atoms with Crippen LogP contribution in [0, 0.1) is 0 Å². The number of piperidine rings is 1. The Hall–Kier alpha value is -1.52. The van der Waals surface area contributed by atoms with Gasteiger partial charge in [-0.3, -0.25) is 4.90 Å². The van der Waals surface area contributed by atoms with Crippen LogP contribution in [0.25, 0.3) is 0 Å². The molecule has 166 valence electrons. The Morgan fingerprint density at radius 1 is 1.10 bits per heavy atom. The zero-order valence-electron chi connectivity index (χ0n) is 18.3. The first-order valence-corrected chi connectivity index (χ1v) is 11.6. The number of nitrogens with zero attached hydrogens (tertiary/aromatic N) is 2. The van der Waals surface area contributed by atoms with Crippen molar-refractivity contribution in [3.05, 3.63) is 47.5 Å². The molecule has 0 bridgehead atoms. The fraction of sp³-hybridized carbons (Fsp3) is 0.640. The molecule has 1 heterocycles. The van der Waals surface area contributed by atoms with E-state index >= 15 is 0 Å². The molecule has 2 fully saturated rings. The SMILES string of the molecule is CN(C(=O)OC1CCCCC1)C1CCN(C(Cc2ccccc2)C2=CCC2)CC1.Cl. The van der Waals surface area contributed by atoms with Gasteiger partial charge in [0.2, 0.25) is 0 Å². The van der Waals surface area contributed by atoms with Gasteiger partial charge in [-0.15, -0.1) is 12.4 Å². The topological polar surface area (TPSA) is 32.8 Å². The Kier molecular flexibility index (Phi) is 8.64. The van der Waals surface area contributed by atoms with Crippen LogP contribution in [0.1, 0.15) is 63.4 Å². The van der Waals surface area contributed by atoms with Gasteiger partial charge in [-0.2, -0.15) is 0 Å². The van der Waals surface area contributed by atoms with Gasteiger partial charge in [-0.05, 0) is 63.4 Å². The number of allylic oxidation sites excluding steroid dienone is 1. The number of rotatable bonds is 6. The van der Waals surface area contributed by atoms with Gasteiger partial charge < -0.3 is 9.64 Å². The van der Waals surface area contributed by atoms with Crippen molar-refractivity contribution in [3.8, 4) is 0 Å². The van der Waals surface area contributed by atoms with Crippen LogP contribution in [0.3, 0.4) is 0 Å². The van der Waals surface area contributed by atoms with Crippen LogP contribution in [0.4, 0.5) is 4.79 Å². The van der Waals surface area contributed by atoms with Crippen LogP contribution in [0.15, 0.2) is 42.0 Å². The summed E-state index contributed by atoms with van der Waals surface area (Å²) in [6.45, 7) is 2.11. The highest BCUT2D eigenvalue weighted by atomic mass is 35.5. The zero-order chi connectivity index (χ0) is 20.1. The van der Waals surface area contributed by atoms with E-state index in [-0.39, 0.29) is 24.6 Å². The summed E-state index contributed by atoms with van der Waals surface area (Å²) in [5.74, 6) is 0. The van der Waals surface area contributed by atoms with E-state index in [0.29, 0.717) is 12.1 Å². The third-order valence-electron chi connectivity index (χ3n) is 7.13. The molecule has 0 radical (unpaired) electrons. The van der Waals surface area contributed by atoms with E-state index in [1.165, 1.54) is 37.7 Å². The van der Waals surface area contributed by atoms with Gasteiger partial charge in [0.15, 0.2) is 0 Å². The molecule has 0 aromatic heterocycles. The standard InChI is InChI=1S/C25H36N2O2.ClH/c1-26(25(28)29-23-13-6-3-7-14-23)22-15-17-27(18-16-22)24(21-11-8-12-21)19-20-9-4-2-5-10-20;/h2,4-5,9-11,22-24H,3,6-8,12-19H2,1H3;1H. The van der Waals surface area contributed by atoms with Crippen molar-refractivity contribution >= 4 is 18.5 Å². The predicted octanol–water partition coefficient (Wildman–Crippen LogP) is 5.61. The molecule has 3 aliphatic rings. The Balaban J connectivity index is 0.00000256. The summed E-state index contributed by atoms with van der Waals surface area (Å²) in [5, 5.41) is 0.